The van der Waals surface area contributed by atoms with Crippen LogP contribution >= 0.6 is 11.3 Å². The number of aryl methyl sites for hydroxylation is 1. The maximum Gasteiger partial charge on any atom is 0.337 e. The molecule has 0 fully saturated rings. The van der Waals surface area contributed by atoms with Crippen LogP contribution < -0.4 is 5.56 Å². The Balaban J connectivity index is 2.81. The number of rotatable bonds is 3. The average Bonchev–Trinajstić information content (AvgIpc) is 2.67. The molecular weight excluding hydrogens is 260 g/mol. The average molecular weight is 268 g/mol. The minimum atomic E-state index is -1.23. The summed E-state index contributed by atoms with van der Waals surface area (Å²) in [4.78, 5) is 38.1. The molecule has 94 valence electrons. The number of carboxylic acids is 2. The van der Waals surface area contributed by atoms with Crippen molar-refractivity contribution in [1.82, 2.24) is 9.55 Å². The summed E-state index contributed by atoms with van der Waals surface area (Å²) in [5, 5.41) is 19.0. The second-order valence-electron chi connectivity index (χ2n) is 3.58. The van der Waals surface area contributed by atoms with Crippen LogP contribution in [-0.2, 0) is 11.3 Å². The predicted molar refractivity (Wildman–Crippen MR) is 63.2 cm³/mol. The van der Waals surface area contributed by atoms with E-state index in [1.165, 1.54) is 12.3 Å². The molecule has 7 nitrogen and oxygen atoms in total. The predicted octanol–water partition coefficient (Wildman–Crippen LogP) is 0.549. The Bertz CT molecular complexity index is 715. The van der Waals surface area contributed by atoms with Gasteiger partial charge in [0.25, 0.3) is 5.56 Å². The Morgan fingerprint density at radius 3 is 2.67 bits per heavy atom. The summed E-state index contributed by atoms with van der Waals surface area (Å²) in [6.45, 7) is 0.965. The van der Waals surface area contributed by atoms with E-state index in [1.54, 1.807) is 0 Å². The number of hydrogen-bond acceptors (Lipinski definition) is 5. The molecule has 0 amide bonds. The number of nitrogens with zero attached hydrogens (tertiary/aromatic N) is 2. The van der Waals surface area contributed by atoms with Gasteiger partial charge in [-0.05, 0) is 6.92 Å². The molecule has 0 aliphatic rings. The first kappa shape index (κ1) is 12.2. The molecule has 0 saturated carbocycles. The molecule has 0 saturated heterocycles. The van der Waals surface area contributed by atoms with Crippen LogP contribution in [0.25, 0.3) is 10.2 Å². The second kappa shape index (κ2) is 4.22. The zero-order chi connectivity index (χ0) is 13.4. The molecule has 0 atom stereocenters. The minimum absolute atomic E-state index is 0.0423. The fourth-order valence-corrected chi connectivity index (χ4v) is 2.55. The Kier molecular flexibility index (Phi) is 2.87. The molecule has 2 aromatic heterocycles. The highest BCUT2D eigenvalue weighted by molar-refractivity contribution is 7.17. The van der Waals surface area contributed by atoms with Crippen molar-refractivity contribution in [3.63, 3.8) is 0 Å². The lowest BCUT2D eigenvalue weighted by atomic mass is 10.2. The maximum absolute atomic E-state index is 12.1. The van der Waals surface area contributed by atoms with Crippen LogP contribution in [-0.4, -0.2) is 31.7 Å². The molecule has 0 spiro atoms. The molecule has 0 radical (unpaired) electrons. The third kappa shape index (κ3) is 1.86. The summed E-state index contributed by atoms with van der Waals surface area (Å²) in [7, 11) is 0. The van der Waals surface area contributed by atoms with Crippen molar-refractivity contribution in [3.8, 4) is 0 Å². The molecular formula is C10H8N2O5S. The number of aromatic nitrogens is 2. The van der Waals surface area contributed by atoms with E-state index in [2.05, 4.69) is 4.98 Å². The van der Waals surface area contributed by atoms with Crippen LogP contribution in [0, 0.1) is 6.92 Å². The summed E-state index contributed by atoms with van der Waals surface area (Å²) in [5.74, 6) is -2.17. The molecule has 0 bridgehead atoms. The first-order chi connectivity index (χ1) is 8.41. The Morgan fingerprint density at radius 2 is 2.11 bits per heavy atom. The zero-order valence-electron chi connectivity index (χ0n) is 9.21. The summed E-state index contributed by atoms with van der Waals surface area (Å²) < 4.78 is 0.948. The lowest BCUT2D eigenvalue weighted by Gasteiger charge is -2.06. The summed E-state index contributed by atoms with van der Waals surface area (Å²) in [6.07, 6.45) is 0. The fourth-order valence-electron chi connectivity index (χ4n) is 1.60. The van der Waals surface area contributed by atoms with Crippen LogP contribution in [0.5, 0.6) is 0 Å². The van der Waals surface area contributed by atoms with Crippen molar-refractivity contribution in [2.45, 2.75) is 13.5 Å². The SMILES string of the molecule is Cc1nc2scc(C(=O)O)c2c(=O)n1CC(=O)O. The van der Waals surface area contributed by atoms with Crippen LogP contribution in [0.3, 0.4) is 0 Å². The molecule has 0 aliphatic carbocycles. The van der Waals surface area contributed by atoms with Gasteiger partial charge in [-0.25, -0.2) is 9.78 Å². The van der Waals surface area contributed by atoms with Gasteiger partial charge in [0.05, 0.1) is 10.9 Å². The van der Waals surface area contributed by atoms with Crippen molar-refractivity contribution in [1.29, 1.82) is 0 Å². The van der Waals surface area contributed by atoms with E-state index in [0.29, 0.717) is 4.83 Å². The quantitative estimate of drug-likeness (QED) is 0.841. The Labute approximate surface area is 104 Å². The topological polar surface area (TPSA) is 109 Å². The van der Waals surface area contributed by atoms with Gasteiger partial charge in [0.2, 0.25) is 0 Å². The number of thiophene rings is 1. The molecule has 2 rings (SSSR count). The lowest BCUT2D eigenvalue weighted by molar-refractivity contribution is -0.137. The molecule has 0 aliphatic heterocycles. The zero-order valence-corrected chi connectivity index (χ0v) is 10.0. The van der Waals surface area contributed by atoms with Gasteiger partial charge in [0.1, 0.15) is 17.2 Å². The number of aromatic carboxylic acids is 1. The second-order valence-corrected chi connectivity index (χ2v) is 4.44. The Morgan fingerprint density at radius 1 is 1.44 bits per heavy atom. The number of fused-ring (bicyclic) bond motifs is 1. The third-order valence-electron chi connectivity index (χ3n) is 2.41. The lowest BCUT2D eigenvalue weighted by Crippen LogP contribution is -2.27. The van der Waals surface area contributed by atoms with E-state index in [-0.39, 0.29) is 16.8 Å². The summed E-state index contributed by atoms with van der Waals surface area (Å²) in [6, 6.07) is 0. The number of carboxylic acid groups (broad SMARTS) is 2. The van der Waals surface area contributed by atoms with Crippen LogP contribution in [0.15, 0.2) is 10.2 Å². The van der Waals surface area contributed by atoms with Crippen molar-refractivity contribution in [2.75, 3.05) is 0 Å². The number of carbonyl (C=O) groups is 2. The van der Waals surface area contributed by atoms with Gasteiger partial charge in [-0.2, -0.15) is 0 Å². The van der Waals surface area contributed by atoms with E-state index in [0.717, 1.165) is 15.9 Å². The maximum atomic E-state index is 12.1. The number of aliphatic carboxylic acids is 1. The van der Waals surface area contributed by atoms with Crippen molar-refractivity contribution >= 4 is 33.5 Å². The highest BCUT2D eigenvalue weighted by Gasteiger charge is 2.18. The molecule has 18 heavy (non-hydrogen) atoms. The first-order valence-corrected chi connectivity index (χ1v) is 5.73. The van der Waals surface area contributed by atoms with Gasteiger partial charge >= 0.3 is 11.9 Å². The first-order valence-electron chi connectivity index (χ1n) is 4.85. The van der Waals surface area contributed by atoms with E-state index < -0.39 is 24.0 Å². The molecule has 0 aromatic carbocycles. The van der Waals surface area contributed by atoms with Gasteiger partial charge < -0.3 is 10.2 Å². The highest BCUT2D eigenvalue weighted by Crippen LogP contribution is 2.21. The third-order valence-corrected chi connectivity index (χ3v) is 3.28. The number of hydrogen-bond donors (Lipinski definition) is 2. The van der Waals surface area contributed by atoms with E-state index in [1.807, 2.05) is 0 Å². The molecule has 0 unspecified atom stereocenters. The molecule has 8 heteroatoms. The standard InChI is InChI=1S/C10H8N2O5S/c1-4-11-8-7(5(3-18-8)10(16)17)9(15)12(4)2-6(13)14/h3H,2H2,1H3,(H,13,14)(H,16,17). The van der Waals surface area contributed by atoms with Crippen molar-refractivity contribution < 1.29 is 19.8 Å². The highest BCUT2D eigenvalue weighted by atomic mass is 32.1. The van der Waals surface area contributed by atoms with Gasteiger partial charge in [-0.15, -0.1) is 11.3 Å². The van der Waals surface area contributed by atoms with Gasteiger partial charge in [0, 0.05) is 5.38 Å². The van der Waals surface area contributed by atoms with Gasteiger partial charge in [-0.3, -0.25) is 14.2 Å². The van der Waals surface area contributed by atoms with Crippen molar-refractivity contribution in [3.05, 3.63) is 27.1 Å². The van der Waals surface area contributed by atoms with Crippen LogP contribution in [0.1, 0.15) is 16.2 Å². The smallest absolute Gasteiger partial charge is 0.337 e. The molecule has 2 heterocycles. The van der Waals surface area contributed by atoms with Gasteiger partial charge in [-0.1, -0.05) is 0 Å². The van der Waals surface area contributed by atoms with Crippen LogP contribution in [0.4, 0.5) is 0 Å². The largest absolute Gasteiger partial charge is 0.480 e. The summed E-state index contributed by atoms with van der Waals surface area (Å²) in [5.41, 5.74) is -0.787. The van der Waals surface area contributed by atoms with E-state index >= 15 is 0 Å². The fraction of sp³-hybridized carbons (Fsp3) is 0.200. The summed E-state index contributed by atoms with van der Waals surface area (Å²) >= 11 is 1.05. The van der Waals surface area contributed by atoms with E-state index in [4.69, 9.17) is 10.2 Å². The minimum Gasteiger partial charge on any atom is -0.480 e. The van der Waals surface area contributed by atoms with Gasteiger partial charge in [0.15, 0.2) is 0 Å². The monoisotopic (exact) mass is 268 g/mol. The Hall–Kier alpha value is -2.22. The van der Waals surface area contributed by atoms with E-state index in [9.17, 15) is 14.4 Å². The van der Waals surface area contributed by atoms with Crippen molar-refractivity contribution in [2.24, 2.45) is 0 Å². The van der Waals surface area contributed by atoms with Crippen LogP contribution in [0.2, 0.25) is 0 Å². The normalized spacial score (nSPS) is 10.7. The molecule has 2 N–H and O–H groups in total. The molecule has 2 aromatic rings.